The van der Waals surface area contributed by atoms with Crippen LogP contribution in [0.3, 0.4) is 0 Å². The zero-order valence-electron chi connectivity index (χ0n) is 10.9. The quantitative estimate of drug-likeness (QED) is 0.918. The molecule has 4 nitrogen and oxygen atoms in total. The van der Waals surface area contributed by atoms with Gasteiger partial charge in [0.2, 0.25) is 0 Å². The van der Waals surface area contributed by atoms with Crippen molar-refractivity contribution < 1.29 is 9.90 Å². The van der Waals surface area contributed by atoms with Crippen LogP contribution in [0.15, 0.2) is 24.3 Å². The lowest BCUT2D eigenvalue weighted by atomic mass is 9.89. The summed E-state index contributed by atoms with van der Waals surface area (Å²) < 4.78 is 1.88. The maximum absolute atomic E-state index is 11.2. The largest absolute Gasteiger partial charge is 0.476 e. The molecule has 4 heteroatoms. The number of benzene rings is 1. The van der Waals surface area contributed by atoms with Gasteiger partial charge < -0.3 is 5.11 Å². The standard InChI is InChI=1S/C15H18N2O2/c18-15(19)14-12-8-4-5-9-13(12)17(16-14)10-11-6-2-1-3-7-11/h4-5,8-9,11H,1-3,6-7,10H2,(H,18,19). The summed E-state index contributed by atoms with van der Waals surface area (Å²) in [5.41, 5.74) is 1.11. The minimum atomic E-state index is -0.946. The second-order valence-electron chi connectivity index (χ2n) is 5.36. The van der Waals surface area contributed by atoms with E-state index in [0.717, 1.165) is 17.4 Å². The Balaban J connectivity index is 1.96. The second-order valence-corrected chi connectivity index (χ2v) is 5.36. The summed E-state index contributed by atoms with van der Waals surface area (Å²) in [6, 6.07) is 7.59. The molecule has 1 aliphatic carbocycles. The Morgan fingerprint density at radius 2 is 2.00 bits per heavy atom. The molecule has 0 spiro atoms. The van der Waals surface area contributed by atoms with Crippen LogP contribution in [0.2, 0.25) is 0 Å². The van der Waals surface area contributed by atoms with Crippen LogP contribution in [0.25, 0.3) is 10.9 Å². The Morgan fingerprint density at radius 1 is 1.26 bits per heavy atom. The van der Waals surface area contributed by atoms with Gasteiger partial charge in [-0.25, -0.2) is 4.79 Å². The number of aromatic nitrogens is 2. The number of carboxylic acids is 1. The number of fused-ring (bicyclic) bond motifs is 1. The first kappa shape index (κ1) is 12.2. The highest BCUT2D eigenvalue weighted by molar-refractivity contribution is 6.01. The van der Waals surface area contributed by atoms with Gasteiger partial charge in [0.25, 0.3) is 0 Å². The van der Waals surface area contributed by atoms with Crippen molar-refractivity contribution in [1.82, 2.24) is 9.78 Å². The van der Waals surface area contributed by atoms with Crippen molar-refractivity contribution in [2.75, 3.05) is 0 Å². The molecule has 19 heavy (non-hydrogen) atoms. The lowest BCUT2D eigenvalue weighted by Gasteiger charge is -2.21. The van der Waals surface area contributed by atoms with Crippen LogP contribution in [-0.4, -0.2) is 20.9 Å². The van der Waals surface area contributed by atoms with Crippen LogP contribution in [0.1, 0.15) is 42.6 Å². The van der Waals surface area contributed by atoms with E-state index < -0.39 is 5.97 Å². The molecule has 0 amide bonds. The summed E-state index contributed by atoms with van der Waals surface area (Å²) in [7, 11) is 0. The predicted octanol–water partition coefficient (Wildman–Crippen LogP) is 3.31. The zero-order valence-corrected chi connectivity index (χ0v) is 10.9. The van der Waals surface area contributed by atoms with Crippen LogP contribution in [0, 0.1) is 5.92 Å². The van der Waals surface area contributed by atoms with Crippen molar-refractivity contribution in [3.8, 4) is 0 Å². The molecule has 0 atom stereocenters. The summed E-state index contributed by atoms with van der Waals surface area (Å²) in [4.78, 5) is 11.2. The zero-order chi connectivity index (χ0) is 13.2. The minimum Gasteiger partial charge on any atom is -0.476 e. The van der Waals surface area contributed by atoms with E-state index in [2.05, 4.69) is 5.10 Å². The molecule has 2 aromatic rings. The number of carboxylic acid groups (broad SMARTS) is 1. The molecule has 0 saturated heterocycles. The van der Waals surface area contributed by atoms with Crippen LogP contribution >= 0.6 is 0 Å². The summed E-state index contributed by atoms with van der Waals surface area (Å²) in [6.07, 6.45) is 6.37. The van der Waals surface area contributed by atoms with E-state index >= 15 is 0 Å². The Morgan fingerprint density at radius 3 is 2.74 bits per heavy atom. The Kier molecular flexibility index (Phi) is 3.23. The van der Waals surface area contributed by atoms with Crippen LogP contribution in [0.4, 0.5) is 0 Å². The number of para-hydroxylation sites is 1. The highest BCUT2D eigenvalue weighted by atomic mass is 16.4. The fourth-order valence-electron chi connectivity index (χ4n) is 3.04. The van der Waals surface area contributed by atoms with Gasteiger partial charge in [-0.2, -0.15) is 5.10 Å². The number of carbonyl (C=O) groups is 1. The summed E-state index contributed by atoms with van der Waals surface area (Å²) >= 11 is 0. The first-order chi connectivity index (χ1) is 9.25. The third-order valence-electron chi connectivity index (χ3n) is 4.02. The highest BCUT2D eigenvalue weighted by Gasteiger charge is 2.19. The van der Waals surface area contributed by atoms with Gasteiger partial charge in [-0.1, -0.05) is 37.5 Å². The summed E-state index contributed by atoms with van der Waals surface area (Å²) in [5.74, 6) is -0.308. The summed E-state index contributed by atoms with van der Waals surface area (Å²) in [5, 5.41) is 14.3. The van der Waals surface area contributed by atoms with Crippen LogP contribution < -0.4 is 0 Å². The van der Waals surface area contributed by atoms with E-state index in [1.54, 1.807) is 0 Å². The summed E-state index contributed by atoms with van der Waals surface area (Å²) in [6.45, 7) is 0.841. The van der Waals surface area contributed by atoms with E-state index in [1.165, 1.54) is 32.1 Å². The number of nitrogens with zero attached hydrogens (tertiary/aromatic N) is 2. The molecule has 0 aliphatic heterocycles. The van der Waals surface area contributed by atoms with Gasteiger partial charge in [0.1, 0.15) is 0 Å². The molecule has 1 heterocycles. The lowest BCUT2D eigenvalue weighted by molar-refractivity contribution is 0.0691. The van der Waals surface area contributed by atoms with Crippen LogP contribution in [-0.2, 0) is 6.54 Å². The molecule has 100 valence electrons. The van der Waals surface area contributed by atoms with Gasteiger partial charge in [0.05, 0.1) is 5.52 Å². The minimum absolute atomic E-state index is 0.173. The van der Waals surface area contributed by atoms with E-state index in [-0.39, 0.29) is 5.69 Å². The molecular formula is C15H18N2O2. The molecule has 0 bridgehead atoms. The van der Waals surface area contributed by atoms with Gasteiger partial charge in [-0.05, 0) is 24.8 Å². The average molecular weight is 258 g/mol. The normalized spacial score (nSPS) is 16.8. The molecule has 0 radical (unpaired) electrons. The first-order valence-corrected chi connectivity index (χ1v) is 6.94. The maximum atomic E-state index is 11.2. The fraction of sp³-hybridized carbons (Fsp3) is 0.467. The van der Waals surface area contributed by atoms with E-state index in [0.29, 0.717) is 5.92 Å². The molecule has 1 N–H and O–H groups in total. The molecule has 1 fully saturated rings. The molecule has 3 rings (SSSR count). The Labute approximate surface area is 112 Å². The highest BCUT2D eigenvalue weighted by Crippen LogP contribution is 2.27. The maximum Gasteiger partial charge on any atom is 0.357 e. The monoisotopic (exact) mass is 258 g/mol. The predicted molar refractivity (Wildman–Crippen MR) is 73.3 cm³/mol. The van der Waals surface area contributed by atoms with Gasteiger partial charge in [0, 0.05) is 11.9 Å². The fourth-order valence-corrected chi connectivity index (χ4v) is 3.04. The van der Waals surface area contributed by atoms with E-state index in [9.17, 15) is 9.90 Å². The molecular weight excluding hydrogens is 240 g/mol. The molecule has 0 unspecified atom stereocenters. The van der Waals surface area contributed by atoms with Gasteiger partial charge in [-0.3, -0.25) is 4.68 Å². The molecule has 1 saturated carbocycles. The van der Waals surface area contributed by atoms with E-state index in [4.69, 9.17) is 0 Å². The number of hydrogen-bond acceptors (Lipinski definition) is 2. The van der Waals surface area contributed by atoms with Crippen LogP contribution in [0.5, 0.6) is 0 Å². The van der Waals surface area contributed by atoms with Gasteiger partial charge in [0.15, 0.2) is 5.69 Å². The van der Waals surface area contributed by atoms with Crippen molar-refractivity contribution in [3.05, 3.63) is 30.0 Å². The van der Waals surface area contributed by atoms with E-state index in [1.807, 2.05) is 28.9 Å². The Bertz CT molecular complexity index is 597. The number of aromatic carboxylic acids is 1. The SMILES string of the molecule is O=C(O)c1nn(CC2CCCCC2)c2ccccc12. The van der Waals surface area contributed by atoms with Crippen molar-refractivity contribution in [3.63, 3.8) is 0 Å². The number of rotatable bonds is 3. The van der Waals surface area contributed by atoms with Gasteiger partial charge >= 0.3 is 5.97 Å². The van der Waals surface area contributed by atoms with Gasteiger partial charge in [-0.15, -0.1) is 0 Å². The average Bonchev–Trinajstić information content (AvgIpc) is 2.79. The molecule has 1 aromatic carbocycles. The Hall–Kier alpha value is -1.84. The second kappa shape index (κ2) is 5.03. The third kappa shape index (κ3) is 2.35. The van der Waals surface area contributed by atoms with Crippen molar-refractivity contribution >= 4 is 16.9 Å². The smallest absolute Gasteiger partial charge is 0.357 e. The van der Waals surface area contributed by atoms with Crippen molar-refractivity contribution in [2.45, 2.75) is 38.6 Å². The molecule has 1 aliphatic rings. The third-order valence-corrected chi connectivity index (χ3v) is 4.02. The van der Waals surface area contributed by atoms with Crippen molar-refractivity contribution in [2.24, 2.45) is 5.92 Å². The molecule has 1 aromatic heterocycles. The van der Waals surface area contributed by atoms with Crippen molar-refractivity contribution in [1.29, 1.82) is 0 Å². The lowest BCUT2D eigenvalue weighted by Crippen LogP contribution is -2.15. The topological polar surface area (TPSA) is 55.1 Å². The first-order valence-electron chi connectivity index (χ1n) is 6.94. The number of hydrogen-bond donors (Lipinski definition) is 1.